The lowest BCUT2D eigenvalue weighted by Crippen LogP contribution is -2.44. The van der Waals surface area contributed by atoms with Gasteiger partial charge in [-0.15, -0.1) is 10.2 Å². The number of hydrogen-bond acceptors (Lipinski definition) is 4. The second-order valence-corrected chi connectivity index (χ2v) is 5.68. The van der Waals surface area contributed by atoms with Crippen molar-refractivity contribution in [3.8, 4) is 0 Å². The van der Waals surface area contributed by atoms with Gasteiger partial charge in [0.15, 0.2) is 10.3 Å². The molecule has 1 aliphatic rings. The molecule has 1 fully saturated rings. The third-order valence-electron chi connectivity index (χ3n) is 3.39. The molecule has 6 heteroatoms. The van der Waals surface area contributed by atoms with Crippen molar-refractivity contribution >= 4 is 28.9 Å². The van der Waals surface area contributed by atoms with E-state index in [9.17, 15) is 0 Å². The van der Waals surface area contributed by atoms with E-state index in [4.69, 9.17) is 23.2 Å². The second-order valence-electron chi connectivity index (χ2n) is 4.94. The van der Waals surface area contributed by atoms with Gasteiger partial charge in [0.05, 0.1) is 5.69 Å². The smallest absolute Gasteiger partial charge is 0.175 e. The van der Waals surface area contributed by atoms with Crippen LogP contribution < -0.4 is 10.2 Å². The van der Waals surface area contributed by atoms with Crippen molar-refractivity contribution in [2.75, 3.05) is 24.5 Å². The third-order valence-corrected chi connectivity index (χ3v) is 3.84. The number of nitrogens with one attached hydrogen (secondary N) is 1. The highest BCUT2D eigenvalue weighted by molar-refractivity contribution is 6.33. The zero-order valence-corrected chi connectivity index (χ0v) is 12.7. The van der Waals surface area contributed by atoms with Gasteiger partial charge in [-0.25, -0.2) is 0 Å². The Morgan fingerprint density at radius 1 is 1.37 bits per heavy atom. The van der Waals surface area contributed by atoms with Crippen LogP contribution in [0.25, 0.3) is 0 Å². The lowest BCUT2D eigenvalue weighted by atomic mass is 10.0. The highest BCUT2D eigenvalue weighted by Gasteiger charge is 2.19. The molecule has 19 heavy (non-hydrogen) atoms. The fourth-order valence-electron chi connectivity index (χ4n) is 2.49. The Kier molecular flexibility index (Phi) is 5.67. The summed E-state index contributed by atoms with van der Waals surface area (Å²) in [6.45, 7) is 5.15. The molecular weight excluding hydrogens is 283 g/mol. The number of piperidine rings is 1. The number of anilines is 1. The van der Waals surface area contributed by atoms with E-state index < -0.39 is 0 Å². The summed E-state index contributed by atoms with van der Waals surface area (Å²) in [5, 5.41) is 12.0. The molecule has 2 rings (SSSR count). The summed E-state index contributed by atoms with van der Waals surface area (Å²) < 4.78 is 0. The van der Waals surface area contributed by atoms with E-state index in [1.165, 1.54) is 19.3 Å². The standard InChI is InChI=1S/C13H20Cl2N4/c1-2-7-19(9-10-5-3-4-6-16-10)11-8-12(14)17-18-13(11)15/h8,10,16H,2-7,9H2,1H3. The van der Waals surface area contributed by atoms with E-state index >= 15 is 0 Å². The van der Waals surface area contributed by atoms with E-state index in [0.717, 1.165) is 31.7 Å². The first-order chi connectivity index (χ1) is 9.20. The summed E-state index contributed by atoms with van der Waals surface area (Å²) in [5.41, 5.74) is 0.885. The zero-order valence-electron chi connectivity index (χ0n) is 11.2. The molecule has 1 N–H and O–H groups in total. The van der Waals surface area contributed by atoms with Gasteiger partial charge in [0, 0.05) is 25.2 Å². The topological polar surface area (TPSA) is 41.0 Å². The van der Waals surface area contributed by atoms with Gasteiger partial charge >= 0.3 is 0 Å². The molecule has 0 bridgehead atoms. The summed E-state index contributed by atoms with van der Waals surface area (Å²) in [5.74, 6) is 0. The van der Waals surface area contributed by atoms with Gasteiger partial charge in [0.25, 0.3) is 0 Å². The van der Waals surface area contributed by atoms with Crippen molar-refractivity contribution in [1.82, 2.24) is 15.5 Å². The average molecular weight is 303 g/mol. The number of nitrogens with zero attached hydrogens (tertiary/aromatic N) is 3. The molecule has 1 aliphatic heterocycles. The minimum absolute atomic E-state index is 0.386. The SMILES string of the molecule is CCCN(CC1CCCCN1)c1cc(Cl)nnc1Cl. The predicted octanol–water partition coefficient (Wildman–Crippen LogP) is 3.14. The van der Waals surface area contributed by atoms with E-state index in [2.05, 4.69) is 27.3 Å². The number of halogens is 2. The van der Waals surface area contributed by atoms with Crippen molar-refractivity contribution in [3.05, 3.63) is 16.4 Å². The molecule has 1 atom stereocenters. The fraction of sp³-hybridized carbons (Fsp3) is 0.692. The van der Waals surface area contributed by atoms with Crippen LogP contribution in [0.1, 0.15) is 32.6 Å². The molecule has 0 aliphatic carbocycles. The maximum atomic E-state index is 6.15. The van der Waals surface area contributed by atoms with Gasteiger partial charge in [-0.3, -0.25) is 0 Å². The summed E-state index contributed by atoms with van der Waals surface area (Å²) in [4.78, 5) is 2.26. The van der Waals surface area contributed by atoms with Gasteiger partial charge in [-0.2, -0.15) is 0 Å². The first-order valence-corrected chi connectivity index (χ1v) is 7.63. The summed E-state index contributed by atoms with van der Waals surface area (Å²) in [7, 11) is 0. The number of rotatable bonds is 5. The Balaban J connectivity index is 2.11. The van der Waals surface area contributed by atoms with E-state index in [1.54, 1.807) is 6.07 Å². The molecule has 1 aromatic heterocycles. The molecule has 0 saturated carbocycles. The molecule has 106 valence electrons. The summed E-state index contributed by atoms with van der Waals surface area (Å²) in [6, 6.07) is 2.32. The molecular formula is C13H20Cl2N4. The molecule has 0 amide bonds. The van der Waals surface area contributed by atoms with E-state index in [1.807, 2.05) is 0 Å². The average Bonchev–Trinajstić information content (AvgIpc) is 2.42. The lowest BCUT2D eigenvalue weighted by Gasteiger charge is -2.32. The Morgan fingerprint density at radius 2 is 2.21 bits per heavy atom. The van der Waals surface area contributed by atoms with Crippen LogP contribution in [0.2, 0.25) is 10.3 Å². The highest BCUT2D eigenvalue weighted by atomic mass is 35.5. The Labute approximate surface area is 124 Å². The van der Waals surface area contributed by atoms with Crippen LogP contribution in [0.5, 0.6) is 0 Å². The van der Waals surface area contributed by atoms with Crippen molar-refractivity contribution in [2.45, 2.75) is 38.6 Å². The Bertz CT molecular complexity index is 408. The van der Waals surface area contributed by atoms with Crippen LogP contribution in [0.15, 0.2) is 6.07 Å². The van der Waals surface area contributed by atoms with E-state index in [-0.39, 0.29) is 0 Å². The molecule has 1 unspecified atom stereocenters. The molecule has 4 nitrogen and oxygen atoms in total. The van der Waals surface area contributed by atoms with Gasteiger partial charge in [-0.05, 0) is 25.8 Å². The number of aromatic nitrogens is 2. The van der Waals surface area contributed by atoms with Crippen LogP contribution in [0.3, 0.4) is 0 Å². The lowest BCUT2D eigenvalue weighted by molar-refractivity contribution is 0.399. The highest BCUT2D eigenvalue weighted by Crippen LogP contribution is 2.26. The molecule has 1 aromatic rings. The predicted molar refractivity (Wildman–Crippen MR) is 80.2 cm³/mol. The van der Waals surface area contributed by atoms with Crippen molar-refractivity contribution < 1.29 is 0 Å². The van der Waals surface area contributed by atoms with Crippen molar-refractivity contribution in [2.24, 2.45) is 0 Å². The summed E-state index contributed by atoms with van der Waals surface area (Å²) >= 11 is 12.1. The quantitative estimate of drug-likeness (QED) is 0.907. The molecule has 0 spiro atoms. The summed E-state index contributed by atoms with van der Waals surface area (Å²) in [6.07, 6.45) is 4.83. The van der Waals surface area contributed by atoms with Gasteiger partial charge in [-0.1, -0.05) is 36.5 Å². The van der Waals surface area contributed by atoms with Gasteiger partial charge in [0.1, 0.15) is 0 Å². The monoisotopic (exact) mass is 302 g/mol. The van der Waals surface area contributed by atoms with Crippen LogP contribution in [0, 0.1) is 0 Å². The maximum absolute atomic E-state index is 6.15. The third kappa shape index (κ3) is 4.20. The van der Waals surface area contributed by atoms with Crippen molar-refractivity contribution in [3.63, 3.8) is 0 Å². The van der Waals surface area contributed by atoms with Crippen LogP contribution in [-0.2, 0) is 0 Å². The Hall–Kier alpha value is -0.580. The first-order valence-electron chi connectivity index (χ1n) is 6.87. The molecule has 0 radical (unpaired) electrons. The first kappa shape index (κ1) is 14.8. The zero-order chi connectivity index (χ0) is 13.7. The van der Waals surface area contributed by atoms with Crippen LogP contribution in [0.4, 0.5) is 5.69 Å². The molecule has 0 aromatic carbocycles. The van der Waals surface area contributed by atoms with Gasteiger partial charge < -0.3 is 10.2 Å². The molecule has 2 heterocycles. The Morgan fingerprint density at radius 3 is 2.89 bits per heavy atom. The number of hydrogen-bond donors (Lipinski definition) is 1. The van der Waals surface area contributed by atoms with Crippen LogP contribution in [-0.4, -0.2) is 35.9 Å². The van der Waals surface area contributed by atoms with Gasteiger partial charge in [0.2, 0.25) is 0 Å². The minimum atomic E-state index is 0.386. The minimum Gasteiger partial charge on any atom is -0.367 e. The fourth-order valence-corrected chi connectivity index (χ4v) is 2.84. The molecule has 1 saturated heterocycles. The van der Waals surface area contributed by atoms with Crippen LogP contribution >= 0.6 is 23.2 Å². The normalized spacial score (nSPS) is 19.4. The second kappa shape index (κ2) is 7.27. The maximum Gasteiger partial charge on any atom is 0.175 e. The van der Waals surface area contributed by atoms with E-state index in [0.29, 0.717) is 16.3 Å². The largest absolute Gasteiger partial charge is 0.367 e. The van der Waals surface area contributed by atoms with Crippen molar-refractivity contribution in [1.29, 1.82) is 0 Å².